The number of benzene rings is 2. The van der Waals surface area contributed by atoms with E-state index < -0.39 is 23.8 Å². The Hall–Kier alpha value is -3.01. The van der Waals surface area contributed by atoms with Crippen LogP contribution in [0.5, 0.6) is 11.5 Å². The van der Waals surface area contributed by atoms with Gasteiger partial charge in [0.2, 0.25) is 11.8 Å². The van der Waals surface area contributed by atoms with Gasteiger partial charge in [0.05, 0.1) is 5.91 Å². The molecule has 1 saturated heterocycles. The number of ether oxygens (including phenoxy) is 1. The number of allylic oxidation sites excluding steroid dienone is 1. The third-order valence-electron chi connectivity index (χ3n) is 6.65. The summed E-state index contributed by atoms with van der Waals surface area (Å²) in [4.78, 5) is 40.6. The Kier molecular flexibility index (Phi) is 12.7. The topological polar surface area (TPSA) is 99.5 Å². The molecular formula is C30H38LiN3O4. The van der Waals surface area contributed by atoms with E-state index in [-0.39, 0.29) is 43.0 Å². The molecule has 1 heterocycles. The van der Waals surface area contributed by atoms with E-state index in [1.807, 2.05) is 68.4 Å². The molecule has 8 heteroatoms. The molecule has 1 aliphatic rings. The predicted molar refractivity (Wildman–Crippen MR) is 145 cm³/mol. The number of likely N-dealkylation sites (tertiary alicyclic amines) is 1. The molecule has 2 aromatic carbocycles. The molecule has 0 saturated carbocycles. The van der Waals surface area contributed by atoms with E-state index in [1.165, 1.54) is 0 Å². The van der Waals surface area contributed by atoms with Crippen molar-refractivity contribution in [1.29, 1.82) is 0 Å². The molecule has 0 aromatic heterocycles. The van der Waals surface area contributed by atoms with Crippen molar-refractivity contribution < 1.29 is 38.0 Å². The van der Waals surface area contributed by atoms with Crippen LogP contribution in [0.4, 0.5) is 0 Å². The van der Waals surface area contributed by atoms with E-state index in [0.717, 1.165) is 24.2 Å². The maximum atomic E-state index is 13.5. The molecule has 2 N–H and O–H groups in total. The van der Waals surface area contributed by atoms with Gasteiger partial charge in [-0.05, 0) is 67.9 Å². The second-order valence-corrected chi connectivity index (χ2v) is 10.1. The molecule has 1 aliphatic heterocycles. The molecule has 7 nitrogen and oxygen atoms in total. The molecule has 1 fully saturated rings. The Morgan fingerprint density at radius 1 is 1.11 bits per heavy atom. The molecule has 3 unspecified atom stereocenters. The number of hydrogen-bond acceptors (Lipinski definition) is 4. The van der Waals surface area contributed by atoms with Crippen molar-refractivity contribution in [1.82, 2.24) is 10.2 Å². The zero-order valence-electron chi connectivity index (χ0n) is 22.8. The first-order valence-corrected chi connectivity index (χ1v) is 13.1. The number of amides is 3. The number of nitrogens with one attached hydrogen (secondary N) is 2. The fourth-order valence-corrected chi connectivity index (χ4v) is 4.82. The van der Waals surface area contributed by atoms with Gasteiger partial charge in [0.15, 0.2) is 0 Å². The van der Waals surface area contributed by atoms with Gasteiger partial charge in [-0.1, -0.05) is 50.3 Å². The number of rotatable bonds is 12. The Bertz CT molecular complexity index is 1080. The maximum absolute atomic E-state index is 13.5. The largest absolute Gasteiger partial charge is 1.00 e. The van der Waals surface area contributed by atoms with E-state index in [0.29, 0.717) is 31.7 Å². The summed E-state index contributed by atoms with van der Waals surface area (Å²) in [6, 6.07) is 16.5. The molecule has 3 rings (SSSR count). The molecular weight excluding hydrogens is 473 g/mol. The summed E-state index contributed by atoms with van der Waals surface area (Å²) in [5.41, 5.74) is 8.64. The van der Waals surface area contributed by atoms with Gasteiger partial charge in [0.1, 0.15) is 17.5 Å². The zero-order valence-corrected chi connectivity index (χ0v) is 22.8. The van der Waals surface area contributed by atoms with Gasteiger partial charge in [0, 0.05) is 24.9 Å². The van der Waals surface area contributed by atoms with Gasteiger partial charge >= 0.3 is 18.9 Å². The fraction of sp³-hybridized carbons (Fsp3) is 0.433. The second kappa shape index (κ2) is 15.4. The van der Waals surface area contributed by atoms with Crippen molar-refractivity contribution in [3.8, 4) is 11.5 Å². The molecule has 0 bridgehead atoms. The summed E-state index contributed by atoms with van der Waals surface area (Å²) in [6.07, 6.45) is 4.51. The van der Waals surface area contributed by atoms with E-state index in [1.54, 1.807) is 11.0 Å². The minimum Gasteiger partial charge on any atom is -0.668 e. The van der Waals surface area contributed by atoms with Gasteiger partial charge in [-0.3, -0.25) is 9.59 Å². The van der Waals surface area contributed by atoms with Crippen LogP contribution in [0.3, 0.4) is 0 Å². The molecule has 0 aliphatic carbocycles. The first kappa shape index (κ1) is 31.2. The van der Waals surface area contributed by atoms with Crippen molar-refractivity contribution >= 4 is 17.7 Å². The maximum Gasteiger partial charge on any atom is 1.00 e. The molecule has 0 spiro atoms. The van der Waals surface area contributed by atoms with Crippen LogP contribution in [0.2, 0.25) is 0 Å². The standard InChI is InChI=1S/C30H39N3O4.Li/c1-4-11-25(28(31)34)26(18-21(2)3)29(35)32-27-16-8-9-17-33(30(27)36)20-22-12-10-15-24(19-22)37-23-13-6-5-7-14-23;/h4-7,10,12-15,19,21,25-27H,1,8-9,11,16-18,20H2,2-3H3,(H3,31,32,34,35);/q;+1/p-1. The van der Waals surface area contributed by atoms with E-state index >= 15 is 0 Å². The van der Waals surface area contributed by atoms with Crippen molar-refractivity contribution in [2.24, 2.45) is 17.8 Å². The second-order valence-electron chi connectivity index (χ2n) is 10.1. The van der Waals surface area contributed by atoms with Crippen molar-refractivity contribution in [3.63, 3.8) is 0 Å². The number of carbonyl (C=O) groups excluding carboxylic acids is 3. The van der Waals surface area contributed by atoms with E-state index in [2.05, 4.69) is 11.9 Å². The minimum atomic E-state index is -0.771. The summed E-state index contributed by atoms with van der Waals surface area (Å²) in [7, 11) is 0. The summed E-state index contributed by atoms with van der Waals surface area (Å²) < 4.78 is 5.94. The molecule has 0 radical (unpaired) electrons. The monoisotopic (exact) mass is 511 g/mol. The third kappa shape index (κ3) is 9.07. The molecule has 3 amide bonds. The van der Waals surface area contributed by atoms with Gasteiger partial charge in [-0.25, -0.2) is 0 Å². The number of nitrogens with zero attached hydrogens (tertiary/aromatic N) is 1. The van der Waals surface area contributed by atoms with Crippen LogP contribution in [0.25, 0.3) is 5.73 Å². The normalized spacial score (nSPS) is 17.1. The third-order valence-corrected chi connectivity index (χ3v) is 6.65. The van der Waals surface area contributed by atoms with E-state index in [4.69, 9.17) is 10.5 Å². The van der Waals surface area contributed by atoms with Gasteiger partial charge < -0.3 is 25.5 Å². The molecule has 38 heavy (non-hydrogen) atoms. The van der Waals surface area contributed by atoms with Crippen molar-refractivity contribution in [2.75, 3.05) is 6.54 Å². The number of carbonyl (C=O) groups is 3. The first-order chi connectivity index (χ1) is 17.8. The van der Waals surface area contributed by atoms with Gasteiger partial charge in [-0.2, -0.15) is 0 Å². The summed E-state index contributed by atoms with van der Waals surface area (Å²) in [5.74, 6) is -1.06. The smallest absolute Gasteiger partial charge is 0.668 e. The van der Waals surface area contributed by atoms with Crippen LogP contribution >= 0.6 is 0 Å². The Labute approximate surface area is 238 Å². The summed E-state index contributed by atoms with van der Waals surface area (Å²) in [5, 5.41) is 2.94. The molecule has 198 valence electrons. The average molecular weight is 512 g/mol. The first-order valence-electron chi connectivity index (χ1n) is 13.1. The quantitative estimate of drug-likeness (QED) is 0.350. The van der Waals surface area contributed by atoms with Crippen molar-refractivity contribution in [3.05, 3.63) is 78.5 Å². The fourth-order valence-electron chi connectivity index (χ4n) is 4.82. The van der Waals surface area contributed by atoms with Gasteiger partial charge in [0.25, 0.3) is 0 Å². The van der Waals surface area contributed by atoms with Crippen LogP contribution in [0.15, 0.2) is 67.3 Å². The summed E-state index contributed by atoms with van der Waals surface area (Å²) in [6.45, 7) is 8.67. The van der Waals surface area contributed by atoms with Crippen LogP contribution in [0.1, 0.15) is 51.5 Å². The Morgan fingerprint density at radius 3 is 2.47 bits per heavy atom. The van der Waals surface area contributed by atoms with Gasteiger partial charge in [-0.15, -0.1) is 6.58 Å². The summed E-state index contributed by atoms with van der Waals surface area (Å²) >= 11 is 0. The van der Waals surface area contributed by atoms with Crippen LogP contribution < -0.4 is 28.9 Å². The average Bonchev–Trinajstić information content (AvgIpc) is 3.03. The molecule has 2 aromatic rings. The predicted octanol–water partition coefficient (Wildman–Crippen LogP) is 2.91. The zero-order chi connectivity index (χ0) is 26.8. The van der Waals surface area contributed by atoms with E-state index in [9.17, 15) is 14.4 Å². The number of para-hydroxylation sites is 1. The van der Waals surface area contributed by atoms with Crippen LogP contribution in [-0.2, 0) is 20.9 Å². The van der Waals surface area contributed by atoms with Crippen LogP contribution in [0, 0.1) is 17.8 Å². The minimum absolute atomic E-state index is 0. The number of hydrogen-bond donors (Lipinski definition) is 1. The Balaban J connectivity index is 0.00000507. The van der Waals surface area contributed by atoms with Crippen molar-refractivity contribution in [2.45, 2.75) is 58.5 Å². The molecule has 3 atom stereocenters. The Morgan fingerprint density at radius 2 is 1.82 bits per heavy atom. The van der Waals surface area contributed by atoms with Crippen LogP contribution in [-0.4, -0.2) is 35.2 Å². The SMILES string of the molecule is C=CCC(C([NH-])=O)C(CC(C)C)C(=O)NC1CCCCN(Cc2cccc(Oc3ccccc3)c2)C1=O.[Li+].